The Hall–Kier alpha value is -1.29. The number of esters is 1. The molecular formula is C12H19NO3. The number of nitrogens with one attached hydrogen (secondary N) is 1. The summed E-state index contributed by atoms with van der Waals surface area (Å²) in [7, 11) is 0. The average Bonchev–Trinajstić information content (AvgIpc) is 2.75. The Morgan fingerprint density at radius 3 is 2.94 bits per heavy atom. The van der Waals surface area contributed by atoms with Crippen LogP contribution >= 0.6 is 0 Å². The standard InChI is InChI=1S/C12H19NO3/c1-10(2)5-6-13-7-9-16-12(14)11-4-3-8-15-11/h3-4,8,10,13H,5-7,9H2,1-2H3. The van der Waals surface area contributed by atoms with Crippen LogP contribution in [0.5, 0.6) is 0 Å². The van der Waals surface area contributed by atoms with E-state index in [1.807, 2.05) is 0 Å². The summed E-state index contributed by atoms with van der Waals surface area (Å²) in [6.45, 7) is 6.37. The van der Waals surface area contributed by atoms with E-state index in [4.69, 9.17) is 9.15 Å². The van der Waals surface area contributed by atoms with Crippen molar-refractivity contribution in [2.75, 3.05) is 19.7 Å². The molecule has 0 spiro atoms. The Morgan fingerprint density at radius 1 is 1.50 bits per heavy atom. The molecule has 1 rings (SSSR count). The molecule has 4 heteroatoms. The molecule has 0 saturated carbocycles. The normalized spacial score (nSPS) is 10.7. The molecular weight excluding hydrogens is 206 g/mol. The van der Waals surface area contributed by atoms with Gasteiger partial charge in [0.25, 0.3) is 0 Å². The molecule has 1 N–H and O–H groups in total. The van der Waals surface area contributed by atoms with E-state index in [9.17, 15) is 4.79 Å². The molecule has 0 bridgehead atoms. The molecule has 4 nitrogen and oxygen atoms in total. The Labute approximate surface area is 96.0 Å². The van der Waals surface area contributed by atoms with E-state index in [2.05, 4.69) is 19.2 Å². The van der Waals surface area contributed by atoms with Gasteiger partial charge in [0.05, 0.1) is 6.26 Å². The summed E-state index contributed by atoms with van der Waals surface area (Å²) < 4.78 is 9.91. The lowest BCUT2D eigenvalue weighted by molar-refractivity contribution is 0.0472. The number of carbonyl (C=O) groups excluding carboxylic acids is 1. The third kappa shape index (κ3) is 4.98. The van der Waals surface area contributed by atoms with E-state index in [1.54, 1.807) is 12.1 Å². The van der Waals surface area contributed by atoms with Crippen LogP contribution in [0.1, 0.15) is 30.8 Å². The zero-order valence-corrected chi connectivity index (χ0v) is 9.86. The minimum atomic E-state index is -0.407. The van der Waals surface area contributed by atoms with Crippen molar-refractivity contribution < 1.29 is 13.9 Å². The van der Waals surface area contributed by atoms with Gasteiger partial charge in [-0.15, -0.1) is 0 Å². The molecule has 0 aliphatic rings. The smallest absolute Gasteiger partial charge is 0.374 e. The number of carbonyl (C=O) groups is 1. The molecule has 0 aliphatic heterocycles. The van der Waals surface area contributed by atoms with E-state index < -0.39 is 5.97 Å². The summed E-state index contributed by atoms with van der Waals surface area (Å²) in [6.07, 6.45) is 2.59. The van der Waals surface area contributed by atoms with Crippen molar-refractivity contribution in [1.82, 2.24) is 5.32 Å². The van der Waals surface area contributed by atoms with Crippen molar-refractivity contribution in [3.8, 4) is 0 Å². The van der Waals surface area contributed by atoms with Crippen molar-refractivity contribution in [3.63, 3.8) is 0 Å². The molecule has 0 aromatic carbocycles. The lowest BCUT2D eigenvalue weighted by Gasteiger charge is -2.06. The highest BCUT2D eigenvalue weighted by Gasteiger charge is 2.08. The Kier molecular flexibility index (Phi) is 5.64. The maximum absolute atomic E-state index is 11.3. The number of hydrogen-bond donors (Lipinski definition) is 1. The van der Waals surface area contributed by atoms with Crippen LogP contribution in [0.15, 0.2) is 22.8 Å². The third-order valence-corrected chi connectivity index (χ3v) is 2.13. The van der Waals surface area contributed by atoms with Gasteiger partial charge in [0.15, 0.2) is 0 Å². The topological polar surface area (TPSA) is 51.5 Å². The average molecular weight is 225 g/mol. The van der Waals surface area contributed by atoms with Crippen molar-refractivity contribution >= 4 is 5.97 Å². The molecule has 90 valence electrons. The summed E-state index contributed by atoms with van der Waals surface area (Å²) in [5.41, 5.74) is 0. The maximum atomic E-state index is 11.3. The van der Waals surface area contributed by atoms with Crippen LogP contribution < -0.4 is 5.32 Å². The van der Waals surface area contributed by atoms with Crippen molar-refractivity contribution in [2.24, 2.45) is 5.92 Å². The molecule has 0 amide bonds. The Bertz CT molecular complexity index is 293. The highest BCUT2D eigenvalue weighted by atomic mass is 16.5. The second-order valence-electron chi connectivity index (χ2n) is 4.05. The monoisotopic (exact) mass is 225 g/mol. The second kappa shape index (κ2) is 7.06. The molecule has 0 saturated heterocycles. The summed E-state index contributed by atoms with van der Waals surface area (Å²) >= 11 is 0. The Balaban J connectivity index is 2.01. The molecule has 1 heterocycles. The Morgan fingerprint density at radius 2 is 2.31 bits per heavy atom. The van der Waals surface area contributed by atoms with Gasteiger partial charge in [-0.1, -0.05) is 13.8 Å². The minimum Gasteiger partial charge on any atom is -0.458 e. The number of ether oxygens (including phenoxy) is 1. The number of rotatable bonds is 7. The van der Waals surface area contributed by atoms with Crippen LogP contribution in [0, 0.1) is 5.92 Å². The number of hydrogen-bond acceptors (Lipinski definition) is 4. The van der Waals surface area contributed by atoms with Gasteiger partial charge in [-0.05, 0) is 31.0 Å². The van der Waals surface area contributed by atoms with Crippen molar-refractivity contribution in [2.45, 2.75) is 20.3 Å². The highest BCUT2D eigenvalue weighted by Crippen LogP contribution is 2.01. The fourth-order valence-electron chi connectivity index (χ4n) is 1.20. The van der Waals surface area contributed by atoms with Crippen LogP contribution in [0.3, 0.4) is 0 Å². The van der Waals surface area contributed by atoms with E-state index in [0.717, 1.165) is 13.0 Å². The van der Waals surface area contributed by atoms with Gasteiger partial charge < -0.3 is 14.5 Å². The molecule has 0 atom stereocenters. The van der Waals surface area contributed by atoms with Gasteiger partial charge >= 0.3 is 5.97 Å². The fourth-order valence-corrected chi connectivity index (χ4v) is 1.20. The van der Waals surface area contributed by atoms with Crippen LogP contribution in [0.25, 0.3) is 0 Å². The first-order valence-corrected chi connectivity index (χ1v) is 5.61. The first kappa shape index (κ1) is 12.8. The first-order chi connectivity index (χ1) is 7.70. The van der Waals surface area contributed by atoms with Gasteiger partial charge in [-0.25, -0.2) is 4.79 Å². The third-order valence-electron chi connectivity index (χ3n) is 2.13. The van der Waals surface area contributed by atoms with E-state index in [-0.39, 0.29) is 5.76 Å². The van der Waals surface area contributed by atoms with E-state index >= 15 is 0 Å². The summed E-state index contributed by atoms with van der Waals surface area (Å²) in [6, 6.07) is 3.26. The molecule has 0 radical (unpaired) electrons. The number of furan rings is 1. The highest BCUT2D eigenvalue weighted by molar-refractivity contribution is 5.86. The van der Waals surface area contributed by atoms with Gasteiger partial charge in [0.1, 0.15) is 6.61 Å². The zero-order chi connectivity index (χ0) is 11.8. The van der Waals surface area contributed by atoms with Crippen molar-refractivity contribution in [1.29, 1.82) is 0 Å². The molecule has 16 heavy (non-hydrogen) atoms. The predicted octanol–water partition coefficient (Wildman–Crippen LogP) is 2.07. The lowest BCUT2D eigenvalue weighted by atomic mass is 10.1. The molecule has 0 aliphatic carbocycles. The maximum Gasteiger partial charge on any atom is 0.374 e. The van der Waals surface area contributed by atoms with Gasteiger partial charge in [0.2, 0.25) is 5.76 Å². The largest absolute Gasteiger partial charge is 0.458 e. The van der Waals surface area contributed by atoms with Gasteiger partial charge in [-0.2, -0.15) is 0 Å². The second-order valence-corrected chi connectivity index (χ2v) is 4.05. The summed E-state index contributed by atoms with van der Waals surface area (Å²) in [4.78, 5) is 11.3. The van der Waals surface area contributed by atoms with Crippen molar-refractivity contribution in [3.05, 3.63) is 24.2 Å². The molecule has 0 fully saturated rings. The summed E-state index contributed by atoms with van der Waals surface area (Å²) in [5.74, 6) is 0.538. The van der Waals surface area contributed by atoms with Crippen LogP contribution in [0.4, 0.5) is 0 Å². The van der Waals surface area contributed by atoms with E-state index in [0.29, 0.717) is 19.1 Å². The fraction of sp³-hybridized carbons (Fsp3) is 0.583. The van der Waals surface area contributed by atoms with Gasteiger partial charge in [-0.3, -0.25) is 0 Å². The molecule has 1 aromatic rings. The van der Waals surface area contributed by atoms with Crippen LogP contribution in [-0.4, -0.2) is 25.7 Å². The minimum absolute atomic E-state index is 0.252. The quantitative estimate of drug-likeness (QED) is 0.570. The molecule has 1 aromatic heterocycles. The van der Waals surface area contributed by atoms with Gasteiger partial charge in [0, 0.05) is 6.54 Å². The first-order valence-electron chi connectivity index (χ1n) is 5.61. The van der Waals surface area contributed by atoms with Crippen LogP contribution in [0.2, 0.25) is 0 Å². The van der Waals surface area contributed by atoms with E-state index in [1.165, 1.54) is 6.26 Å². The zero-order valence-electron chi connectivity index (χ0n) is 9.86. The molecule has 0 unspecified atom stereocenters. The summed E-state index contributed by atoms with van der Waals surface area (Å²) in [5, 5.41) is 3.21. The lowest BCUT2D eigenvalue weighted by Crippen LogP contribution is -2.23. The SMILES string of the molecule is CC(C)CCNCCOC(=O)c1ccco1. The van der Waals surface area contributed by atoms with Crippen LogP contribution in [-0.2, 0) is 4.74 Å². The predicted molar refractivity (Wildman–Crippen MR) is 61.3 cm³/mol.